The molecular weight excluding hydrogens is 384 g/mol. The summed E-state index contributed by atoms with van der Waals surface area (Å²) in [7, 11) is 0. The quantitative estimate of drug-likeness (QED) is 0.296. The minimum absolute atomic E-state index is 0. The third kappa shape index (κ3) is 10.4. The minimum Gasteiger partial charge on any atom is -0.0776 e. The van der Waals surface area contributed by atoms with Crippen molar-refractivity contribution < 1.29 is 0 Å². The van der Waals surface area contributed by atoms with Crippen LogP contribution in [0.2, 0.25) is 0 Å². The highest BCUT2D eigenvalue weighted by atomic mass is 14.0. The summed E-state index contributed by atoms with van der Waals surface area (Å²) in [5, 5.41) is 2.68. The highest BCUT2D eigenvalue weighted by Crippen LogP contribution is 2.19. The van der Waals surface area contributed by atoms with E-state index in [0.29, 0.717) is 0 Å². The lowest BCUT2D eigenvalue weighted by Gasteiger charge is -2.02. The molecule has 0 aliphatic heterocycles. The van der Waals surface area contributed by atoms with Gasteiger partial charge in [-0.2, -0.15) is 0 Å². The van der Waals surface area contributed by atoms with Crippen molar-refractivity contribution in [3.8, 4) is 11.1 Å². The van der Waals surface area contributed by atoms with E-state index in [4.69, 9.17) is 0 Å². The van der Waals surface area contributed by atoms with E-state index in [1.807, 2.05) is 47.6 Å². The number of fused-ring (bicyclic) bond motifs is 1. The van der Waals surface area contributed by atoms with Crippen LogP contribution in [-0.2, 0) is 6.42 Å². The lowest BCUT2D eigenvalue weighted by Crippen LogP contribution is -1.80. The lowest BCUT2D eigenvalue weighted by atomic mass is 10.0. The van der Waals surface area contributed by atoms with Crippen molar-refractivity contribution >= 4 is 10.8 Å². The van der Waals surface area contributed by atoms with Gasteiger partial charge in [0.25, 0.3) is 0 Å². The first-order valence-corrected chi connectivity index (χ1v) is 11.9. The third-order valence-electron chi connectivity index (χ3n) is 4.48. The zero-order valence-electron chi connectivity index (χ0n) is 20.9. The van der Waals surface area contributed by atoms with Crippen LogP contribution in [0.25, 0.3) is 21.9 Å². The van der Waals surface area contributed by atoms with Gasteiger partial charge in [0, 0.05) is 0 Å². The monoisotopic (exact) mass is 430 g/mol. The molecule has 0 unspecified atom stereocenters. The average Bonchev–Trinajstić information content (AvgIpc) is 2.89. The highest BCUT2D eigenvalue weighted by Gasteiger charge is 1.95. The van der Waals surface area contributed by atoms with E-state index in [1.165, 1.54) is 33.0 Å². The van der Waals surface area contributed by atoms with E-state index in [0.717, 1.165) is 6.42 Å². The Morgan fingerprint density at radius 1 is 0.500 bits per heavy atom. The number of benzene rings is 4. The van der Waals surface area contributed by atoms with Crippen LogP contribution in [-0.4, -0.2) is 0 Å². The number of rotatable bonds is 2. The van der Waals surface area contributed by atoms with E-state index in [-0.39, 0.29) is 7.43 Å². The largest absolute Gasteiger partial charge is 0.0776 e. The molecule has 4 rings (SSSR count). The van der Waals surface area contributed by atoms with Gasteiger partial charge in [-0.15, -0.1) is 0 Å². The SMILES string of the molecule is C.CC.CC.CC.CCc1ccc(-c2ccccc2)cc1.Cc1cccc2ccccc12. The van der Waals surface area contributed by atoms with Crippen LogP contribution in [0.4, 0.5) is 0 Å². The van der Waals surface area contributed by atoms with Crippen LogP contribution in [0.1, 0.15) is 67.0 Å². The van der Waals surface area contributed by atoms with E-state index < -0.39 is 0 Å². The van der Waals surface area contributed by atoms with Gasteiger partial charge in [-0.25, -0.2) is 0 Å². The zero-order valence-corrected chi connectivity index (χ0v) is 20.9. The molecule has 0 aliphatic carbocycles. The first-order valence-electron chi connectivity index (χ1n) is 11.9. The molecule has 0 heteroatoms. The molecule has 0 saturated carbocycles. The summed E-state index contributed by atoms with van der Waals surface area (Å²) in [6.45, 7) is 16.3. The fraction of sp³-hybridized carbons (Fsp3) is 0.312. The van der Waals surface area contributed by atoms with Gasteiger partial charge < -0.3 is 0 Å². The number of hydrogen-bond acceptors (Lipinski definition) is 0. The molecule has 0 radical (unpaired) electrons. The van der Waals surface area contributed by atoms with Crippen molar-refractivity contribution in [2.24, 2.45) is 0 Å². The van der Waals surface area contributed by atoms with Gasteiger partial charge in [0.1, 0.15) is 0 Å². The normalized spacial score (nSPS) is 8.50. The Morgan fingerprint density at radius 2 is 0.969 bits per heavy atom. The van der Waals surface area contributed by atoms with Gasteiger partial charge >= 0.3 is 0 Å². The number of aryl methyl sites for hydroxylation is 2. The van der Waals surface area contributed by atoms with Crippen LogP contribution in [0.15, 0.2) is 97.1 Å². The topological polar surface area (TPSA) is 0 Å². The summed E-state index contributed by atoms with van der Waals surface area (Å²) < 4.78 is 0. The summed E-state index contributed by atoms with van der Waals surface area (Å²) in [5.41, 5.74) is 5.32. The Labute approximate surface area is 199 Å². The fourth-order valence-corrected chi connectivity index (χ4v) is 2.95. The van der Waals surface area contributed by atoms with Gasteiger partial charge in [-0.1, -0.05) is 153 Å². The zero-order chi connectivity index (χ0) is 23.5. The van der Waals surface area contributed by atoms with Crippen molar-refractivity contribution in [3.63, 3.8) is 0 Å². The molecule has 4 aromatic carbocycles. The Bertz CT molecular complexity index is 913. The Hall–Kier alpha value is -2.86. The molecule has 4 aromatic rings. The first kappa shape index (κ1) is 31.3. The van der Waals surface area contributed by atoms with Crippen molar-refractivity contribution in [2.75, 3.05) is 0 Å². The maximum Gasteiger partial charge on any atom is -0.0155 e. The fourth-order valence-electron chi connectivity index (χ4n) is 2.95. The Kier molecular flexibility index (Phi) is 19.6. The highest BCUT2D eigenvalue weighted by molar-refractivity contribution is 5.85. The molecule has 0 nitrogen and oxygen atoms in total. The standard InChI is InChI=1S/C14H14.C11H10.3C2H6.CH4/c1-2-12-8-10-14(11-9-12)13-6-4-3-5-7-13;1-9-5-4-7-10-6-2-3-8-11(9)10;3*1-2;/h3-11H,2H2,1H3;2-8H,1H3;3*1-2H3;1H4. The maximum atomic E-state index is 2.20. The molecule has 0 saturated heterocycles. The Balaban J connectivity index is 0. The molecule has 0 N–H and O–H groups in total. The summed E-state index contributed by atoms with van der Waals surface area (Å²) >= 11 is 0. The van der Waals surface area contributed by atoms with Crippen molar-refractivity contribution in [2.45, 2.75) is 69.2 Å². The molecule has 0 spiro atoms. The molecule has 32 heavy (non-hydrogen) atoms. The van der Waals surface area contributed by atoms with Crippen LogP contribution in [0.3, 0.4) is 0 Å². The second-order valence-corrected chi connectivity index (χ2v) is 6.21. The number of hydrogen-bond donors (Lipinski definition) is 0. The lowest BCUT2D eigenvalue weighted by molar-refractivity contribution is 1.14. The van der Waals surface area contributed by atoms with E-state index in [2.05, 4.69) is 105 Å². The summed E-state index contributed by atoms with van der Waals surface area (Å²) in [6, 6.07) is 34.1. The molecule has 0 atom stereocenters. The van der Waals surface area contributed by atoms with Gasteiger partial charge in [-0.05, 0) is 46.4 Å². The third-order valence-corrected chi connectivity index (χ3v) is 4.48. The predicted molar refractivity (Wildman–Crippen MR) is 151 cm³/mol. The van der Waals surface area contributed by atoms with E-state index >= 15 is 0 Å². The van der Waals surface area contributed by atoms with Gasteiger partial charge in [0.15, 0.2) is 0 Å². The summed E-state index contributed by atoms with van der Waals surface area (Å²) in [4.78, 5) is 0. The van der Waals surface area contributed by atoms with Crippen molar-refractivity contribution in [1.29, 1.82) is 0 Å². The second kappa shape index (κ2) is 20.1. The minimum atomic E-state index is 0. The molecule has 174 valence electrons. The molecule has 0 fully saturated rings. The first-order chi connectivity index (χ1) is 15.3. The second-order valence-electron chi connectivity index (χ2n) is 6.21. The van der Waals surface area contributed by atoms with Gasteiger partial charge in [0.05, 0.1) is 0 Å². The van der Waals surface area contributed by atoms with E-state index in [1.54, 1.807) is 0 Å². The molecule has 0 heterocycles. The maximum absolute atomic E-state index is 2.20. The molecule has 0 aliphatic rings. The molecule has 0 bridgehead atoms. The van der Waals surface area contributed by atoms with Crippen LogP contribution in [0, 0.1) is 6.92 Å². The molecule has 0 amide bonds. The van der Waals surface area contributed by atoms with Crippen LogP contribution < -0.4 is 0 Å². The van der Waals surface area contributed by atoms with E-state index in [9.17, 15) is 0 Å². The van der Waals surface area contributed by atoms with Crippen molar-refractivity contribution in [1.82, 2.24) is 0 Å². The predicted octanol–water partition coefficient (Wildman–Crippen LogP) is 10.8. The van der Waals surface area contributed by atoms with Crippen LogP contribution >= 0.6 is 0 Å². The Morgan fingerprint density at radius 3 is 1.50 bits per heavy atom. The molecular formula is C32H46. The summed E-state index contributed by atoms with van der Waals surface area (Å²) in [6.07, 6.45) is 1.11. The van der Waals surface area contributed by atoms with Crippen LogP contribution in [0.5, 0.6) is 0 Å². The molecule has 0 aromatic heterocycles. The average molecular weight is 431 g/mol. The van der Waals surface area contributed by atoms with Gasteiger partial charge in [0.2, 0.25) is 0 Å². The van der Waals surface area contributed by atoms with Crippen molar-refractivity contribution in [3.05, 3.63) is 108 Å². The smallest absolute Gasteiger partial charge is 0.0155 e. The van der Waals surface area contributed by atoms with Gasteiger partial charge in [-0.3, -0.25) is 0 Å². The summed E-state index contributed by atoms with van der Waals surface area (Å²) in [5.74, 6) is 0.